The fourth-order valence-electron chi connectivity index (χ4n) is 4.27. The number of ether oxygens (including phenoxy) is 3. The van der Waals surface area contributed by atoms with Crippen molar-refractivity contribution in [1.82, 2.24) is 4.90 Å². The molecular weight excluding hydrogens is 472 g/mol. The van der Waals surface area contributed by atoms with Gasteiger partial charge >= 0.3 is 0 Å². The SMILES string of the molecule is COc1ccc(Br)cc1/C=C/C(=O)N1CCc2cc(OC)c(OCCN3CCCC3)cc21. The number of methoxy groups -OCH3 is 2. The predicted molar refractivity (Wildman–Crippen MR) is 130 cm³/mol. The van der Waals surface area contributed by atoms with Crippen LogP contribution in [0.4, 0.5) is 5.69 Å². The van der Waals surface area contributed by atoms with E-state index in [1.54, 1.807) is 31.3 Å². The second-order valence-corrected chi connectivity index (χ2v) is 8.90. The number of fused-ring (bicyclic) bond motifs is 1. The first kappa shape index (κ1) is 22.7. The Balaban J connectivity index is 1.49. The van der Waals surface area contributed by atoms with Crippen LogP contribution < -0.4 is 19.1 Å². The Labute approximate surface area is 197 Å². The van der Waals surface area contributed by atoms with Gasteiger partial charge < -0.3 is 19.1 Å². The largest absolute Gasteiger partial charge is 0.496 e. The Hall–Kier alpha value is -2.51. The van der Waals surface area contributed by atoms with E-state index in [1.807, 2.05) is 30.3 Å². The molecule has 1 amide bonds. The number of nitrogens with zero attached hydrogens (tertiary/aromatic N) is 2. The molecule has 2 aliphatic rings. The topological polar surface area (TPSA) is 51.2 Å². The zero-order valence-electron chi connectivity index (χ0n) is 18.6. The molecule has 0 unspecified atom stereocenters. The lowest BCUT2D eigenvalue weighted by Gasteiger charge is -2.19. The van der Waals surface area contributed by atoms with Crippen molar-refractivity contribution >= 4 is 33.6 Å². The quantitative estimate of drug-likeness (QED) is 0.497. The van der Waals surface area contributed by atoms with Crippen LogP contribution in [-0.2, 0) is 11.2 Å². The van der Waals surface area contributed by atoms with Crippen molar-refractivity contribution in [2.75, 3.05) is 51.9 Å². The van der Waals surface area contributed by atoms with Crippen LogP contribution in [0.5, 0.6) is 17.2 Å². The summed E-state index contributed by atoms with van der Waals surface area (Å²) in [6.45, 7) is 4.42. The number of benzene rings is 2. The Morgan fingerprint density at radius 3 is 2.56 bits per heavy atom. The van der Waals surface area contributed by atoms with E-state index in [4.69, 9.17) is 14.2 Å². The first-order valence-corrected chi connectivity index (χ1v) is 11.8. The number of amides is 1. The molecule has 2 heterocycles. The molecule has 1 fully saturated rings. The molecule has 7 heteroatoms. The molecule has 32 heavy (non-hydrogen) atoms. The van der Waals surface area contributed by atoms with Crippen LogP contribution in [0.25, 0.3) is 6.08 Å². The summed E-state index contributed by atoms with van der Waals surface area (Å²) in [4.78, 5) is 17.2. The van der Waals surface area contributed by atoms with Crippen LogP contribution >= 0.6 is 15.9 Å². The maximum Gasteiger partial charge on any atom is 0.251 e. The fraction of sp³-hybridized carbons (Fsp3) is 0.400. The molecule has 0 atom stereocenters. The standard InChI is InChI=1S/C25H29BrN2O4/c1-30-22-7-6-20(26)15-19(22)5-8-25(29)28-12-9-18-16-23(31-2)24(17-21(18)28)32-14-13-27-10-3-4-11-27/h5-8,15-17H,3-4,9-14H2,1-2H3/b8-5+. The van der Waals surface area contributed by atoms with Crippen LogP contribution in [0.1, 0.15) is 24.0 Å². The van der Waals surface area contributed by atoms with Gasteiger partial charge in [-0.3, -0.25) is 9.69 Å². The van der Waals surface area contributed by atoms with E-state index in [0.29, 0.717) is 24.7 Å². The molecule has 0 saturated carbocycles. The summed E-state index contributed by atoms with van der Waals surface area (Å²) in [5.74, 6) is 2.05. The average molecular weight is 501 g/mol. The third-order valence-electron chi connectivity index (χ3n) is 5.99. The van der Waals surface area contributed by atoms with Crippen LogP contribution in [0.15, 0.2) is 40.9 Å². The van der Waals surface area contributed by atoms with Gasteiger partial charge in [-0.05, 0) is 68.3 Å². The Morgan fingerprint density at radius 1 is 1.03 bits per heavy atom. The van der Waals surface area contributed by atoms with Crippen molar-refractivity contribution in [2.45, 2.75) is 19.3 Å². The molecule has 0 spiro atoms. The van der Waals surface area contributed by atoms with Crippen molar-refractivity contribution in [2.24, 2.45) is 0 Å². The highest BCUT2D eigenvalue weighted by molar-refractivity contribution is 9.10. The van der Waals surface area contributed by atoms with Crippen molar-refractivity contribution < 1.29 is 19.0 Å². The van der Waals surface area contributed by atoms with Gasteiger partial charge in [0, 0.05) is 35.3 Å². The number of rotatable bonds is 8. The summed E-state index contributed by atoms with van der Waals surface area (Å²) < 4.78 is 18.0. The second-order valence-electron chi connectivity index (χ2n) is 7.99. The fourth-order valence-corrected chi connectivity index (χ4v) is 4.65. The summed E-state index contributed by atoms with van der Waals surface area (Å²) in [6.07, 6.45) is 6.70. The van der Waals surface area contributed by atoms with Gasteiger partial charge in [-0.2, -0.15) is 0 Å². The van der Waals surface area contributed by atoms with Crippen molar-refractivity contribution in [1.29, 1.82) is 0 Å². The summed E-state index contributed by atoms with van der Waals surface area (Å²) in [6, 6.07) is 9.65. The van der Waals surface area contributed by atoms with E-state index in [9.17, 15) is 4.79 Å². The monoisotopic (exact) mass is 500 g/mol. The van der Waals surface area contributed by atoms with E-state index in [2.05, 4.69) is 20.8 Å². The number of likely N-dealkylation sites (tertiary alicyclic amines) is 1. The third kappa shape index (κ3) is 5.10. The average Bonchev–Trinajstić information content (AvgIpc) is 3.46. The number of anilines is 1. The molecule has 0 N–H and O–H groups in total. The molecule has 4 rings (SSSR count). The van der Waals surface area contributed by atoms with Gasteiger partial charge in [0.1, 0.15) is 12.4 Å². The van der Waals surface area contributed by atoms with Crippen LogP contribution in [0.2, 0.25) is 0 Å². The van der Waals surface area contributed by atoms with Crippen LogP contribution in [-0.4, -0.2) is 57.8 Å². The molecular formula is C25H29BrN2O4. The molecule has 170 valence electrons. The first-order chi connectivity index (χ1) is 15.6. The summed E-state index contributed by atoms with van der Waals surface area (Å²) >= 11 is 3.47. The summed E-state index contributed by atoms with van der Waals surface area (Å²) in [7, 11) is 3.28. The number of carbonyl (C=O) groups is 1. The van der Waals surface area contributed by atoms with E-state index in [-0.39, 0.29) is 5.91 Å². The highest BCUT2D eigenvalue weighted by Gasteiger charge is 2.26. The van der Waals surface area contributed by atoms with Gasteiger partial charge in [0.25, 0.3) is 5.91 Å². The van der Waals surface area contributed by atoms with E-state index < -0.39 is 0 Å². The number of carbonyl (C=O) groups excluding carboxylic acids is 1. The lowest BCUT2D eigenvalue weighted by Crippen LogP contribution is -2.27. The van der Waals surface area contributed by atoms with Gasteiger partial charge in [0.05, 0.1) is 19.9 Å². The van der Waals surface area contributed by atoms with Gasteiger partial charge in [-0.15, -0.1) is 0 Å². The number of halogens is 1. The molecule has 2 aromatic carbocycles. The smallest absolute Gasteiger partial charge is 0.251 e. The molecule has 2 aliphatic heterocycles. The van der Waals surface area contributed by atoms with Crippen molar-refractivity contribution in [3.05, 3.63) is 52.0 Å². The van der Waals surface area contributed by atoms with E-state index in [0.717, 1.165) is 53.1 Å². The second kappa shape index (κ2) is 10.4. The van der Waals surface area contributed by atoms with Gasteiger partial charge in [0.2, 0.25) is 0 Å². The molecule has 1 saturated heterocycles. The molecule has 0 aliphatic carbocycles. The number of hydrogen-bond donors (Lipinski definition) is 0. The van der Waals surface area contributed by atoms with Crippen molar-refractivity contribution in [3.63, 3.8) is 0 Å². The Kier molecular flexibility index (Phi) is 7.37. The highest BCUT2D eigenvalue weighted by atomic mass is 79.9. The summed E-state index contributed by atoms with van der Waals surface area (Å²) in [5, 5.41) is 0. The normalized spacial score (nSPS) is 15.9. The molecule has 0 bridgehead atoms. The maximum atomic E-state index is 13.0. The zero-order chi connectivity index (χ0) is 22.5. The summed E-state index contributed by atoms with van der Waals surface area (Å²) in [5.41, 5.74) is 2.82. The zero-order valence-corrected chi connectivity index (χ0v) is 20.2. The maximum absolute atomic E-state index is 13.0. The minimum Gasteiger partial charge on any atom is -0.496 e. The molecule has 0 aromatic heterocycles. The van der Waals surface area contributed by atoms with Crippen LogP contribution in [0.3, 0.4) is 0 Å². The minimum atomic E-state index is -0.0704. The minimum absolute atomic E-state index is 0.0704. The Bertz CT molecular complexity index is 1000. The molecule has 2 aromatic rings. The lowest BCUT2D eigenvalue weighted by molar-refractivity contribution is -0.114. The molecule has 6 nitrogen and oxygen atoms in total. The predicted octanol–water partition coefficient (Wildman–Crippen LogP) is 4.54. The lowest BCUT2D eigenvalue weighted by atomic mass is 10.1. The third-order valence-corrected chi connectivity index (χ3v) is 6.48. The van der Waals surface area contributed by atoms with E-state index in [1.165, 1.54) is 12.8 Å². The van der Waals surface area contributed by atoms with Crippen molar-refractivity contribution in [3.8, 4) is 17.2 Å². The van der Waals surface area contributed by atoms with E-state index >= 15 is 0 Å². The van der Waals surface area contributed by atoms with Gasteiger partial charge in [-0.25, -0.2) is 0 Å². The van der Waals surface area contributed by atoms with Gasteiger partial charge in [-0.1, -0.05) is 15.9 Å². The first-order valence-electron chi connectivity index (χ1n) is 11.0. The molecule has 0 radical (unpaired) electrons. The Morgan fingerprint density at radius 2 is 1.81 bits per heavy atom. The highest BCUT2D eigenvalue weighted by Crippen LogP contribution is 2.39. The van der Waals surface area contributed by atoms with Crippen LogP contribution in [0, 0.1) is 0 Å². The van der Waals surface area contributed by atoms with Gasteiger partial charge in [0.15, 0.2) is 11.5 Å². The number of hydrogen-bond acceptors (Lipinski definition) is 5.